The minimum atomic E-state index is -0.542. The third-order valence-corrected chi connectivity index (χ3v) is 3.19. The average Bonchev–Trinajstić information content (AvgIpc) is 2.60. The van der Waals surface area contributed by atoms with Gasteiger partial charge < -0.3 is 15.6 Å². The molecular formula is C14H18ClFN4O. The molecule has 0 aliphatic rings. The van der Waals surface area contributed by atoms with Crippen LogP contribution in [0.4, 0.5) is 10.3 Å². The summed E-state index contributed by atoms with van der Waals surface area (Å²) in [7, 11) is 0. The third-order valence-electron chi connectivity index (χ3n) is 2.90. The zero-order chi connectivity index (χ0) is 15.8. The highest BCUT2D eigenvalue weighted by Gasteiger charge is 2.16. The Hall–Kier alpha value is -1.82. The molecule has 0 aliphatic heterocycles. The summed E-state index contributed by atoms with van der Waals surface area (Å²) in [5.41, 5.74) is 6.57. The molecule has 1 heterocycles. The van der Waals surface area contributed by atoms with Gasteiger partial charge in [-0.25, -0.2) is 9.37 Å². The first-order valence-corrected chi connectivity index (χ1v) is 6.97. The summed E-state index contributed by atoms with van der Waals surface area (Å²) in [5.74, 6) is -0.397. The number of nitrogens with two attached hydrogens (primary N) is 1. The third kappa shape index (κ3) is 3.64. The van der Waals surface area contributed by atoms with Gasteiger partial charge in [0.15, 0.2) is 0 Å². The number of nitrogens with zero attached hydrogens (tertiary/aromatic N) is 2. The van der Waals surface area contributed by atoms with E-state index in [0.29, 0.717) is 17.6 Å². The van der Waals surface area contributed by atoms with Gasteiger partial charge in [0.25, 0.3) is 0 Å². The van der Waals surface area contributed by atoms with Crippen LogP contribution in [0.25, 0.3) is 11.0 Å². The molecule has 0 aliphatic carbocycles. The molecule has 0 bridgehead atoms. The Morgan fingerprint density at radius 2 is 2.14 bits per heavy atom. The van der Waals surface area contributed by atoms with E-state index in [1.54, 1.807) is 4.57 Å². The van der Waals surface area contributed by atoms with Crippen LogP contribution in [0.1, 0.15) is 27.2 Å². The number of aromatic nitrogens is 2. The molecular weight excluding hydrogens is 295 g/mol. The lowest BCUT2D eigenvalue weighted by Gasteiger charge is -2.20. The molecule has 1 amide bonds. The number of hydrogen-bond donors (Lipinski definition) is 2. The first kappa shape index (κ1) is 15.6. The van der Waals surface area contributed by atoms with Gasteiger partial charge in [-0.05, 0) is 26.8 Å². The molecule has 0 spiro atoms. The van der Waals surface area contributed by atoms with Crippen LogP contribution in [0, 0.1) is 5.82 Å². The molecule has 2 rings (SSSR count). The number of carbonyl (C=O) groups is 1. The summed E-state index contributed by atoms with van der Waals surface area (Å²) in [6.45, 7) is 6.09. The fourth-order valence-corrected chi connectivity index (χ4v) is 2.23. The normalized spacial score (nSPS) is 11.9. The highest BCUT2D eigenvalue weighted by Crippen LogP contribution is 2.25. The van der Waals surface area contributed by atoms with E-state index < -0.39 is 5.82 Å². The van der Waals surface area contributed by atoms with Crippen LogP contribution in [0.5, 0.6) is 0 Å². The summed E-state index contributed by atoms with van der Waals surface area (Å²) < 4.78 is 15.1. The summed E-state index contributed by atoms with van der Waals surface area (Å²) in [5, 5.41) is 2.87. The van der Waals surface area contributed by atoms with Crippen LogP contribution in [-0.4, -0.2) is 21.0 Å². The van der Waals surface area contributed by atoms with Crippen molar-refractivity contribution in [3.8, 4) is 0 Å². The molecule has 1 aromatic carbocycles. The van der Waals surface area contributed by atoms with E-state index in [1.807, 2.05) is 20.8 Å². The van der Waals surface area contributed by atoms with Gasteiger partial charge >= 0.3 is 0 Å². The molecule has 1 aromatic heterocycles. The predicted molar refractivity (Wildman–Crippen MR) is 81.6 cm³/mol. The van der Waals surface area contributed by atoms with E-state index in [0.717, 1.165) is 0 Å². The van der Waals surface area contributed by atoms with E-state index in [-0.39, 0.29) is 28.8 Å². The summed E-state index contributed by atoms with van der Waals surface area (Å²) in [6, 6.07) is 2.71. The Bertz CT molecular complexity index is 690. The van der Waals surface area contributed by atoms with E-state index in [4.69, 9.17) is 17.3 Å². The molecule has 0 saturated carbocycles. The standard InChI is InChI=1S/C14H18ClFN4O/c1-14(2,3)19-12(21)4-5-20-11-6-8(15)9(16)7-10(11)18-13(20)17/h6-7H,4-5H2,1-3H3,(H2,17,18)(H,19,21). The highest BCUT2D eigenvalue weighted by atomic mass is 35.5. The average molecular weight is 313 g/mol. The molecule has 5 nitrogen and oxygen atoms in total. The maximum Gasteiger partial charge on any atom is 0.222 e. The summed E-state index contributed by atoms with van der Waals surface area (Å²) in [6.07, 6.45) is 0.252. The van der Waals surface area contributed by atoms with Crippen molar-refractivity contribution in [1.82, 2.24) is 14.9 Å². The van der Waals surface area contributed by atoms with Crippen LogP contribution in [0.2, 0.25) is 5.02 Å². The lowest BCUT2D eigenvalue weighted by molar-refractivity contribution is -0.122. The lowest BCUT2D eigenvalue weighted by Crippen LogP contribution is -2.40. The Balaban J connectivity index is 2.21. The zero-order valence-electron chi connectivity index (χ0n) is 12.2. The van der Waals surface area contributed by atoms with Crippen molar-refractivity contribution in [2.75, 3.05) is 5.73 Å². The van der Waals surface area contributed by atoms with E-state index in [1.165, 1.54) is 12.1 Å². The number of carbonyl (C=O) groups excluding carboxylic acids is 1. The fourth-order valence-electron chi connectivity index (χ4n) is 2.07. The molecule has 3 N–H and O–H groups in total. The zero-order valence-corrected chi connectivity index (χ0v) is 13.0. The second kappa shape index (κ2) is 5.52. The van der Waals surface area contributed by atoms with Gasteiger partial charge in [0.2, 0.25) is 11.9 Å². The number of anilines is 1. The second-order valence-corrected chi connectivity index (χ2v) is 6.33. The van der Waals surface area contributed by atoms with Gasteiger partial charge in [0.1, 0.15) is 5.82 Å². The van der Waals surface area contributed by atoms with Crippen LogP contribution in [0.3, 0.4) is 0 Å². The van der Waals surface area contributed by atoms with Gasteiger partial charge in [-0.1, -0.05) is 11.6 Å². The van der Waals surface area contributed by atoms with Crippen molar-refractivity contribution in [3.63, 3.8) is 0 Å². The number of imidazole rings is 1. The minimum Gasteiger partial charge on any atom is -0.369 e. The van der Waals surface area contributed by atoms with Gasteiger partial charge in [-0.15, -0.1) is 0 Å². The number of benzene rings is 1. The monoisotopic (exact) mass is 312 g/mol. The number of amides is 1. The van der Waals surface area contributed by atoms with Crippen LogP contribution < -0.4 is 11.1 Å². The Morgan fingerprint density at radius 1 is 1.48 bits per heavy atom. The van der Waals surface area contributed by atoms with Crippen molar-refractivity contribution in [2.24, 2.45) is 0 Å². The molecule has 0 unspecified atom stereocenters. The van der Waals surface area contributed by atoms with Crippen molar-refractivity contribution in [1.29, 1.82) is 0 Å². The number of nitrogens with one attached hydrogen (secondary N) is 1. The van der Waals surface area contributed by atoms with Crippen molar-refractivity contribution in [2.45, 2.75) is 39.3 Å². The molecule has 0 fully saturated rings. The van der Waals surface area contributed by atoms with E-state index >= 15 is 0 Å². The smallest absolute Gasteiger partial charge is 0.222 e. The summed E-state index contributed by atoms with van der Waals surface area (Å²) in [4.78, 5) is 15.9. The van der Waals surface area contributed by atoms with Crippen molar-refractivity contribution in [3.05, 3.63) is 23.0 Å². The number of aryl methyl sites for hydroxylation is 1. The van der Waals surface area contributed by atoms with Gasteiger partial charge in [0, 0.05) is 24.6 Å². The topological polar surface area (TPSA) is 72.9 Å². The molecule has 2 aromatic rings. The molecule has 114 valence electrons. The van der Waals surface area contributed by atoms with E-state index in [2.05, 4.69) is 10.3 Å². The van der Waals surface area contributed by atoms with Crippen molar-refractivity contribution < 1.29 is 9.18 Å². The quantitative estimate of drug-likeness (QED) is 0.915. The van der Waals surface area contributed by atoms with Gasteiger partial charge in [-0.3, -0.25) is 4.79 Å². The lowest BCUT2D eigenvalue weighted by atomic mass is 10.1. The number of halogens is 2. The number of rotatable bonds is 3. The van der Waals surface area contributed by atoms with E-state index in [9.17, 15) is 9.18 Å². The van der Waals surface area contributed by atoms with Crippen molar-refractivity contribution >= 4 is 34.5 Å². The highest BCUT2D eigenvalue weighted by molar-refractivity contribution is 6.31. The first-order valence-electron chi connectivity index (χ1n) is 6.59. The van der Waals surface area contributed by atoms with Crippen LogP contribution in [-0.2, 0) is 11.3 Å². The number of hydrogen-bond acceptors (Lipinski definition) is 3. The molecule has 21 heavy (non-hydrogen) atoms. The SMILES string of the molecule is CC(C)(C)NC(=O)CCn1c(N)nc2cc(F)c(Cl)cc21. The maximum absolute atomic E-state index is 13.4. The molecule has 0 saturated heterocycles. The molecule has 0 radical (unpaired) electrons. The number of nitrogen functional groups attached to an aromatic ring is 1. The minimum absolute atomic E-state index is 0.00259. The Kier molecular flexibility index (Phi) is 4.09. The maximum atomic E-state index is 13.4. The Labute approximate surface area is 127 Å². The molecule has 0 atom stereocenters. The van der Waals surface area contributed by atoms with Gasteiger partial charge in [-0.2, -0.15) is 0 Å². The Morgan fingerprint density at radius 3 is 2.76 bits per heavy atom. The van der Waals surface area contributed by atoms with Crippen LogP contribution >= 0.6 is 11.6 Å². The van der Waals surface area contributed by atoms with Gasteiger partial charge in [0.05, 0.1) is 16.1 Å². The predicted octanol–water partition coefficient (Wildman–Crippen LogP) is 2.72. The largest absolute Gasteiger partial charge is 0.369 e. The first-order chi connectivity index (χ1) is 9.67. The fraction of sp³-hybridized carbons (Fsp3) is 0.429. The summed E-state index contributed by atoms with van der Waals surface area (Å²) >= 11 is 5.78. The number of fused-ring (bicyclic) bond motifs is 1. The molecule has 7 heteroatoms. The van der Waals surface area contributed by atoms with Crippen LogP contribution in [0.15, 0.2) is 12.1 Å². The second-order valence-electron chi connectivity index (χ2n) is 5.92.